The second kappa shape index (κ2) is 21.4. The molecule has 4 fully saturated rings. The van der Waals surface area contributed by atoms with Crippen molar-refractivity contribution >= 4 is 11.8 Å². The van der Waals surface area contributed by atoms with E-state index in [0.717, 1.165) is 103 Å². The summed E-state index contributed by atoms with van der Waals surface area (Å²) < 4.78 is 42.8. The van der Waals surface area contributed by atoms with Crippen molar-refractivity contribution in [3.63, 3.8) is 0 Å². The summed E-state index contributed by atoms with van der Waals surface area (Å²) >= 11 is 0. The highest BCUT2D eigenvalue weighted by Crippen LogP contribution is 2.42. The minimum Gasteiger partial charge on any atom is -0.458 e. The van der Waals surface area contributed by atoms with E-state index in [0.29, 0.717) is 12.8 Å². The first-order valence-electron chi connectivity index (χ1n) is 18.3. The van der Waals surface area contributed by atoms with Crippen LogP contribution in [0.25, 0.3) is 0 Å². The van der Waals surface area contributed by atoms with Crippen molar-refractivity contribution in [1.29, 1.82) is 0 Å². The monoisotopic (exact) mass is 648 g/mol. The molecule has 1 aliphatic carbocycles. The molecule has 0 aromatic carbocycles. The van der Waals surface area contributed by atoms with E-state index in [9.17, 15) is 9.59 Å². The third-order valence-corrected chi connectivity index (χ3v) is 9.50. The summed E-state index contributed by atoms with van der Waals surface area (Å²) in [7, 11) is 0. The Kier molecular flexibility index (Phi) is 17.3. The normalized spacial score (nSPS) is 31.4. The summed E-state index contributed by atoms with van der Waals surface area (Å²) in [6.45, 7) is 5.63. The standard InChI is InChI=1S/C37H60O9/c1-3-4-6-16-30(44-35-18-9-12-23-40-35)21-22-32-31(17-8-5-7-15-29(39)27-43-28(2)38)33(45-36-19-10-13-24-41-36)26-34(32)46-37-20-11-14-25-42-37/h5,8,21-22,30-37H,3-4,6-7,9-20,23-27H2,1-2H3/t30?,31-,32-,33+,34-,35+,36?,37?/m1/s1. The fourth-order valence-electron chi connectivity index (χ4n) is 6.93. The van der Waals surface area contributed by atoms with Gasteiger partial charge in [-0.25, -0.2) is 0 Å². The molecule has 9 heteroatoms. The minimum absolute atomic E-state index is 0.0118. The number of allylic oxidation sites excluding steroid dienone is 2. The second-order valence-corrected chi connectivity index (χ2v) is 13.3. The van der Waals surface area contributed by atoms with Crippen LogP contribution in [0.2, 0.25) is 0 Å². The number of hydrogen-bond acceptors (Lipinski definition) is 9. The van der Waals surface area contributed by atoms with E-state index in [1.807, 2.05) is 0 Å². The Morgan fingerprint density at radius 2 is 1.48 bits per heavy atom. The molecule has 9 nitrogen and oxygen atoms in total. The van der Waals surface area contributed by atoms with Crippen molar-refractivity contribution < 1.29 is 42.7 Å². The number of esters is 1. The third kappa shape index (κ3) is 13.5. The SMILES string of the molecule is CCCCCC(C=C[C@@H]1[C@@H](CC=CCCC(=O)COC(C)=O)[C@@H](OC2CCCCO2)C[C@H]1OC1CCCCO1)O[C@H]1CCCCO1. The molecule has 0 aromatic rings. The van der Waals surface area contributed by atoms with Gasteiger partial charge in [0.1, 0.15) is 6.61 Å². The van der Waals surface area contributed by atoms with Crippen LogP contribution in [0.4, 0.5) is 0 Å². The van der Waals surface area contributed by atoms with Crippen LogP contribution in [0.1, 0.15) is 123 Å². The highest BCUT2D eigenvalue weighted by atomic mass is 16.7. The molecule has 4 rings (SSSR count). The van der Waals surface area contributed by atoms with Crippen LogP contribution in [-0.2, 0) is 42.7 Å². The van der Waals surface area contributed by atoms with E-state index in [1.54, 1.807) is 0 Å². The number of ketones is 1. The van der Waals surface area contributed by atoms with E-state index in [4.69, 9.17) is 33.2 Å². The van der Waals surface area contributed by atoms with Gasteiger partial charge in [0.25, 0.3) is 0 Å². The van der Waals surface area contributed by atoms with Crippen LogP contribution in [-0.4, -0.2) is 75.4 Å². The molecule has 0 N–H and O–H groups in total. The van der Waals surface area contributed by atoms with Crippen molar-refractivity contribution in [1.82, 2.24) is 0 Å². The fraction of sp³-hybridized carbons (Fsp3) is 0.838. The largest absolute Gasteiger partial charge is 0.458 e. The van der Waals surface area contributed by atoms with Gasteiger partial charge in [-0.3, -0.25) is 9.59 Å². The van der Waals surface area contributed by atoms with Crippen LogP contribution >= 0.6 is 0 Å². The molecule has 0 bridgehead atoms. The molecule has 3 saturated heterocycles. The maximum atomic E-state index is 12.1. The first-order valence-corrected chi connectivity index (χ1v) is 18.3. The Morgan fingerprint density at radius 1 is 0.826 bits per heavy atom. The maximum Gasteiger partial charge on any atom is 0.303 e. The smallest absolute Gasteiger partial charge is 0.303 e. The summed E-state index contributed by atoms with van der Waals surface area (Å²) in [5.74, 6) is -0.226. The molecule has 0 radical (unpaired) electrons. The molecule has 3 heterocycles. The fourth-order valence-corrected chi connectivity index (χ4v) is 6.93. The lowest BCUT2D eigenvalue weighted by Crippen LogP contribution is -2.31. The predicted octanol–water partition coefficient (Wildman–Crippen LogP) is 7.35. The number of unbranched alkanes of at least 4 members (excludes halogenated alkanes) is 2. The number of hydrogen-bond donors (Lipinski definition) is 0. The van der Waals surface area contributed by atoms with Gasteiger partial charge in [0.05, 0.1) is 18.3 Å². The molecule has 3 unspecified atom stereocenters. The topological polar surface area (TPSA) is 98.8 Å². The quantitative estimate of drug-likeness (QED) is 0.0809. The van der Waals surface area contributed by atoms with Gasteiger partial charge >= 0.3 is 5.97 Å². The molecular weight excluding hydrogens is 588 g/mol. The molecule has 3 aliphatic heterocycles. The Morgan fingerprint density at radius 3 is 2.09 bits per heavy atom. The van der Waals surface area contributed by atoms with Crippen LogP contribution in [0.15, 0.2) is 24.3 Å². The van der Waals surface area contributed by atoms with Gasteiger partial charge in [-0.1, -0.05) is 50.5 Å². The average molecular weight is 649 g/mol. The Hall–Kier alpha value is -1.62. The first kappa shape index (κ1) is 37.2. The minimum atomic E-state index is -0.433. The lowest BCUT2D eigenvalue weighted by atomic mass is 9.89. The number of Topliss-reactive ketones (excluding diaryl/α,β-unsaturated/α-hetero) is 1. The molecule has 0 aromatic heterocycles. The van der Waals surface area contributed by atoms with Crippen molar-refractivity contribution in [3.05, 3.63) is 24.3 Å². The number of carbonyl (C=O) groups excluding carboxylic acids is 2. The van der Waals surface area contributed by atoms with Crippen molar-refractivity contribution in [2.24, 2.45) is 11.8 Å². The molecule has 0 amide bonds. The van der Waals surface area contributed by atoms with Crippen molar-refractivity contribution in [3.8, 4) is 0 Å². The van der Waals surface area contributed by atoms with Gasteiger partial charge in [-0.15, -0.1) is 0 Å². The highest BCUT2D eigenvalue weighted by Gasteiger charge is 2.45. The molecular formula is C37H60O9. The highest BCUT2D eigenvalue weighted by molar-refractivity contribution is 5.81. The van der Waals surface area contributed by atoms with Gasteiger partial charge in [0.15, 0.2) is 24.7 Å². The first-order chi connectivity index (χ1) is 22.5. The second-order valence-electron chi connectivity index (χ2n) is 13.3. The summed E-state index contributed by atoms with van der Waals surface area (Å²) in [6.07, 6.45) is 24.6. The Labute approximate surface area is 277 Å². The van der Waals surface area contributed by atoms with Crippen LogP contribution < -0.4 is 0 Å². The van der Waals surface area contributed by atoms with Gasteiger partial charge in [-0.2, -0.15) is 0 Å². The maximum absolute atomic E-state index is 12.1. The summed E-state index contributed by atoms with van der Waals surface area (Å²) in [4.78, 5) is 23.1. The zero-order valence-corrected chi connectivity index (χ0v) is 28.5. The van der Waals surface area contributed by atoms with Gasteiger partial charge in [-0.05, 0) is 83.0 Å². The summed E-state index contributed by atoms with van der Waals surface area (Å²) in [5.41, 5.74) is 0. The molecule has 46 heavy (non-hydrogen) atoms. The molecule has 262 valence electrons. The molecule has 4 aliphatic rings. The van der Waals surface area contributed by atoms with Gasteiger partial charge < -0.3 is 33.2 Å². The Balaban J connectivity index is 1.49. The van der Waals surface area contributed by atoms with Crippen LogP contribution in [0, 0.1) is 11.8 Å². The van der Waals surface area contributed by atoms with Crippen LogP contribution in [0.5, 0.6) is 0 Å². The lowest BCUT2D eigenvalue weighted by molar-refractivity contribution is -0.203. The zero-order valence-electron chi connectivity index (χ0n) is 28.5. The number of carbonyl (C=O) groups is 2. The zero-order chi connectivity index (χ0) is 32.4. The van der Waals surface area contributed by atoms with E-state index in [-0.39, 0.29) is 61.4 Å². The molecule has 8 atom stereocenters. The summed E-state index contributed by atoms with van der Waals surface area (Å²) in [6, 6.07) is 0. The Bertz CT molecular complexity index is 918. The van der Waals surface area contributed by atoms with Crippen LogP contribution in [0.3, 0.4) is 0 Å². The lowest BCUT2D eigenvalue weighted by Gasteiger charge is -2.30. The third-order valence-electron chi connectivity index (χ3n) is 9.50. The number of ether oxygens (including phenoxy) is 7. The van der Waals surface area contributed by atoms with Gasteiger partial charge in [0.2, 0.25) is 0 Å². The van der Waals surface area contributed by atoms with Crippen molar-refractivity contribution in [2.45, 2.75) is 160 Å². The van der Waals surface area contributed by atoms with E-state index in [2.05, 4.69) is 31.2 Å². The van der Waals surface area contributed by atoms with Gasteiger partial charge in [0, 0.05) is 45.5 Å². The molecule has 0 spiro atoms. The average Bonchev–Trinajstić information content (AvgIpc) is 3.38. The predicted molar refractivity (Wildman–Crippen MR) is 175 cm³/mol. The summed E-state index contributed by atoms with van der Waals surface area (Å²) in [5, 5.41) is 0. The van der Waals surface area contributed by atoms with E-state index >= 15 is 0 Å². The molecule has 1 saturated carbocycles. The van der Waals surface area contributed by atoms with E-state index < -0.39 is 5.97 Å². The van der Waals surface area contributed by atoms with E-state index in [1.165, 1.54) is 19.8 Å². The number of rotatable bonds is 19. The van der Waals surface area contributed by atoms with Crippen molar-refractivity contribution in [2.75, 3.05) is 26.4 Å².